The Labute approximate surface area is 157 Å². The Morgan fingerprint density at radius 1 is 1.00 bits per heavy atom. The number of fused-ring (bicyclic) bond motifs is 1. The van der Waals surface area contributed by atoms with Crippen molar-refractivity contribution < 1.29 is 9.13 Å². The number of pyridine rings is 1. The second-order valence-electron chi connectivity index (χ2n) is 6.38. The van der Waals surface area contributed by atoms with E-state index in [4.69, 9.17) is 10.5 Å². The van der Waals surface area contributed by atoms with Crippen molar-refractivity contribution in [1.82, 2.24) is 9.55 Å². The largest absolute Gasteiger partial charge is 0.438 e. The number of ether oxygens (including phenoxy) is 1. The smallest absolute Gasteiger partial charge is 0.219 e. The fourth-order valence-corrected chi connectivity index (χ4v) is 3.13. The highest BCUT2D eigenvalue weighted by molar-refractivity contribution is 5.86. The molecule has 0 spiro atoms. The summed E-state index contributed by atoms with van der Waals surface area (Å²) in [4.78, 5) is 4.26. The summed E-state index contributed by atoms with van der Waals surface area (Å²) in [5.74, 6) is 1.08. The van der Waals surface area contributed by atoms with Crippen LogP contribution in [0.4, 0.5) is 4.39 Å². The van der Waals surface area contributed by atoms with Gasteiger partial charge < -0.3 is 15.0 Å². The predicted octanol–water partition coefficient (Wildman–Crippen LogP) is 4.67. The van der Waals surface area contributed by atoms with Crippen molar-refractivity contribution in [1.29, 1.82) is 0 Å². The Kier molecular flexibility index (Phi) is 4.85. The van der Waals surface area contributed by atoms with Crippen molar-refractivity contribution in [2.75, 3.05) is 0 Å². The van der Waals surface area contributed by atoms with Gasteiger partial charge in [-0.2, -0.15) is 0 Å². The molecule has 0 saturated heterocycles. The molecule has 0 radical (unpaired) electrons. The van der Waals surface area contributed by atoms with Gasteiger partial charge in [0.1, 0.15) is 11.6 Å². The molecule has 4 nitrogen and oxygen atoms in total. The zero-order valence-corrected chi connectivity index (χ0v) is 14.8. The van der Waals surface area contributed by atoms with Gasteiger partial charge in [0.15, 0.2) is 0 Å². The monoisotopic (exact) mass is 361 g/mol. The molecule has 0 saturated carbocycles. The van der Waals surface area contributed by atoms with Gasteiger partial charge in [0, 0.05) is 36.9 Å². The molecular weight excluding hydrogens is 341 g/mol. The number of hydrogen-bond acceptors (Lipinski definition) is 3. The molecule has 0 aliphatic heterocycles. The van der Waals surface area contributed by atoms with Crippen molar-refractivity contribution in [2.24, 2.45) is 5.73 Å². The lowest BCUT2D eigenvalue weighted by Crippen LogP contribution is -2.00. The Bertz CT molecular complexity index is 1060. The molecule has 27 heavy (non-hydrogen) atoms. The Morgan fingerprint density at radius 3 is 2.67 bits per heavy atom. The molecule has 0 fully saturated rings. The molecule has 0 unspecified atom stereocenters. The van der Waals surface area contributed by atoms with Gasteiger partial charge in [0.25, 0.3) is 0 Å². The number of rotatable bonds is 6. The van der Waals surface area contributed by atoms with Gasteiger partial charge in [-0.25, -0.2) is 9.37 Å². The first-order valence-corrected chi connectivity index (χ1v) is 8.88. The van der Waals surface area contributed by atoms with Crippen LogP contribution in [0.3, 0.4) is 0 Å². The van der Waals surface area contributed by atoms with Gasteiger partial charge in [-0.15, -0.1) is 0 Å². The minimum atomic E-state index is -0.209. The van der Waals surface area contributed by atoms with E-state index in [1.165, 1.54) is 12.1 Å². The quantitative estimate of drug-likeness (QED) is 0.543. The third-order valence-corrected chi connectivity index (χ3v) is 4.58. The molecule has 136 valence electrons. The van der Waals surface area contributed by atoms with Crippen LogP contribution in [0, 0.1) is 5.82 Å². The predicted molar refractivity (Wildman–Crippen MR) is 104 cm³/mol. The molecule has 0 atom stereocenters. The van der Waals surface area contributed by atoms with Gasteiger partial charge in [0.2, 0.25) is 5.88 Å². The normalized spacial score (nSPS) is 11.0. The summed E-state index contributed by atoms with van der Waals surface area (Å²) in [6.07, 6.45) is 4.57. The van der Waals surface area contributed by atoms with Gasteiger partial charge in [0.05, 0.1) is 5.52 Å². The van der Waals surface area contributed by atoms with E-state index < -0.39 is 0 Å². The Balaban J connectivity index is 1.56. The van der Waals surface area contributed by atoms with Crippen LogP contribution < -0.4 is 10.5 Å². The van der Waals surface area contributed by atoms with E-state index in [2.05, 4.69) is 15.6 Å². The van der Waals surface area contributed by atoms with E-state index >= 15 is 0 Å². The Morgan fingerprint density at radius 2 is 1.85 bits per heavy atom. The van der Waals surface area contributed by atoms with Crippen molar-refractivity contribution in [3.63, 3.8) is 0 Å². The second kappa shape index (κ2) is 7.60. The summed E-state index contributed by atoms with van der Waals surface area (Å²) in [6.45, 7) is 1.25. The van der Waals surface area contributed by atoms with E-state index in [0.717, 1.165) is 40.7 Å². The van der Waals surface area contributed by atoms with Gasteiger partial charge in [-0.3, -0.25) is 0 Å². The first-order valence-electron chi connectivity index (χ1n) is 8.88. The lowest BCUT2D eigenvalue weighted by atomic mass is 10.1. The second-order valence-corrected chi connectivity index (χ2v) is 6.38. The minimum Gasteiger partial charge on any atom is -0.438 e. The molecule has 0 bridgehead atoms. The van der Waals surface area contributed by atoms with Crippen LogP contribution in [0.5, 0.6) is 11.6 Å². The van der Waals surface area contributed by atoms with Crippen molar-refractivity contribution in [3.05, 3.63) is 90.0 Å². The van der Waals surface area contributed by atoms with E-state index in [0.29, 0.717) is 12.4 Å². The number of aryl methyl sites for hydroxylation is 2. The van der Waals surface area contributed by atoms with Crippen LogP contribution in [0.15, 0.2) is 73.1 Å². The van der Waals surface area contributed by atoms with Gasteiger partial charge in [-0.1, -0.05) is 18.2 Å². The molecule has 0 aliphatic rings. The lowest BCUT2D eigenvalue weighted by Gasteiger charge is -2.09. The minimum absolute atomic E-state index is 0.209. The average molecular weight is 361 g/mol. The molecule has 4 aromatic rings. The van der Waals surface area contributed by atoms with Crippen LogP contribution in [0.2, 0.25) is 0 Å². The molecule has 2 N–H and O–H groups in total. The fourth-order valence-electron chi connectivity index (χ4n) is 3.13. The van der Waals surface area contributed by atoms with E-state index in [1.807, 2.05) is 48.7 Å². The standard InChI is InChI=1S/C22H20FN3O/c23-18-6-4-16(5-7-18)9-12-26-13-10-19-20(26)2-1-3-21(19)27-22-14-17(15-24)8-11-25-22/h1-8,10-11,13-14H,9,12,15,24H2. The van der Waals surface area contributed by atoms with E-state index in [1.54, 1.807) is 6.20 Å². The maximum Gasteiger partial charge on any atom is 0.219 e. The van der Waals surface area contributed by atoms with Gasteiger partial charge >= 0.3 is 0 Å². The molecule has 0 amide bonds. The average Bonchev–Trinajstić information content (AvgIpc) is 3.12. The highest BCUT2D eigenvalue weighted by Gasteiger charge is 2.09. The fraction of sp³-hybridized carbons (Fsp3) is 0.136. The number of halogens is 1. The summed E-state index contributed by atoms with van der Waals surface area (Å²) >= 11 is 0. The van der Waals surface area contributed by atoms with E-state index in [-0.39, 0.29) is 5.82 Å². The maximum absolute atomic E-state index is 13.0. The van der Waals surface area contributed by atoms with Crippen LogP contribution >= 0.6 is 0 Å². The number of nitrogens with two attached hydrogens (primary N) is 1. The molecule has 4 rings (SSSR count). The third-order valence-electron chi connectivity index (χ3n) is 4.58. The van der Waals surface area contributed by atoms with Crippen LogP contribution in [0.1, 0.15) is 11.1 Å². The zero-order valence-electron chi connectivity index (χ0n) is 14.8. The number of aromatic nitrogens is 2. The first kappa shape index (κ1) is 17.2. The van der Waals surface area contributed by atoms with Crippen molar-refractivity contribution in [3.8, 4) is 11.6 Å². The lowest BCUT2D eigenvalue weighted by molar-refractivity contribution is 0.467. The van der Waals surface area contributed by atoms with Crippen molar-refractivity contribution >= 4 is 10.9 Å². The van der Waals surface area contributed by atoms with Gasteiger partial charge in [-0.05, 0) is 53.9 Å². The summed E-state index contributed by atoms with van der Waals surface area (Å²) < 4.78 is 21.2. The summed E-state index contributed by atoms with van der Waals surface area (Å²) in [5, 5.41) is 1.02. The maximum atomic E-state index is 13.0. The Hall–Kier alpha value is -3.18. The molecular formula is C22H20FN3O. The number of hydrogen-bond donors (Lipinski definition) is 1. The summed E-state index contributed by atoms with van der Waals surface area (Å²) in [6, 6.07) is 18.4. The SMILES string of the molecule is NCc1ccnc(Oc2cccc3c2ccn3CCc2ccc(F)cc2)c1. The van der Waals surface area contributed by atoms with Crippen LogP contribution in [-0.4, -0.2) is 9.55 Å². The molecule has 0 aliphatic carbocycles. The third kappa shape index (κ3) is 3.83. The van der Waals surface area contributed by atoms with Crippen LogP contribution in [-0.2, 0) is 19.5 Å². The number of nitrogens with zero attached hydrogens (tertiary/aromatic N) is 2. The highest BCUT2D eigenvalue weighted by atomic mass is 19.1. The van der Waals surface area contributed by atoms with E-state index in [9.17, 15) is 4.39 Å². The first-order chi connectivity index (χ1) is 13.2. The molecule has 2 heterocycles. The van der Waals surface area contributed by atoms with Crippen molar-refractivity contribution in [2.45, 2.75) is 19.5 Å². The van der Waals surface area contributed by atoms with Crippen LogP contribution in [0.25, 0.3) is 10.9 Å². The molecule has 5 heteroatoms. The topological polar surface area (TPSA) is 53.1 Å². The molecule has 2 aromatic carbocycles. The molecule has 2 aromatic heterocycles. The zero-order chi connectivity index (χ0) is 18.6. The number of benzene rings is 2. The summed E-state index contributed by atoms with van der Waals surface area (Å²) in [5.41, 5.74) is 8.86. The highest BCUT2D eigenvalue weighted by Crippen LogP contribution is 2.30. The summed E-state index contributed by atoms with van der Waals surface area (Å²) in [7, 11) is 0.